The fraction of sp³-hybridized carbons (Fsp3) is 0.321. The first-order valence-corrected chi connectivity index (χ1v) is 13.9. The number of sulfone groups is 1. The molecule has 5 nitrogen and oxygen atoms in total. The Balaban J connectivity index is 1.43. The normalized spacial score (nSPS) is 14.9. The van der Waals surface area contributed by atoms with Gasteiger partial charge >= 0.3 is 0 Å². The Hall–Kier alpha value is -3.10. The van der Waals surface area contributed by atoms with Gasteiger partial charge in [0.15, 0.2) is 9.84 Å². The number of carbonyl (C=O) groups is 1. The van der Waals surface area contributed by atoms with Crippen molar-refractivity contribution in [2.75, 3.05) is 6.54 Å². The summed E-state index contributed by atoms with van der Waals surface area (Å²) < 4.78 is 51.4. The molecule has 1 aliphatic heterocycles. The monoisotopic (exact) mass is 512 g/mol. The Morgan fingerprint density at radius 1 is 0.917 bits per heavy atom. The topological polar surface area (TPSA) is 75.3 Å². The van der Waals surface area contributed by atoms with Crippen molar-refractivity contribution in [3.05, 3.63) is 106 Å². The highest BCUT2D eigenvalue weighted by Gasteiger charge is 2.25. The Morgan fingerprint density at radius 2 is 1.64 bits per heavy atom. The van der Waals surface area contributed by atoms with E-state index in [0.717, 1.165) is 23.6 Å². The minimum Gasteiger partial charge on any atom is -0.349 e. The number of rotatable bonds is 10. The number of fused-ring (bicyclic) bond motifs is 1. The average Bonchev–Trinajstić information content (AvgIpc) is 3.14. The molecule has 3 aromatic carbocycles. The highest BCUT2D eigenvalue weighted by Crippen LogP contribution is 2.26. The van der Waals surface area contributed by atoms with Crippen molar-refractivity contribution in [1.29, 1.82) is 0 Å². The van der Waals surface area contributed by atoms with Gasteiger partial charge in [-0.25, -0.2) is 17.2 Å². The van der Waals surface area contributed by atoms with Gasteiger partial charge in [-0.15, -0.1) is 0 Å². The van der Waals surface area contributed by atoms with E-state index in [9.17, 15) is 22.0 Å². The molecule has 0 unspecified atom stereocenters. The van der Waals surface area contributed by atoms with E-state index in [1.54, 1.807) is 18.2 Å². The van der Waals surface area contributed by atoms with Gasteiger partial charge in [-0.3, -0.25) is 4.79 Å². The van der Waals surface area contributed by atoms with E-state index in [2.05, 4.69) is 35.8 Å². The molecule has 190 valence electrons. The van der Waals surface area contributed by atoms with Crippen LogP contribution in [0.25, 0.3) is 0 Å². The fourth-order valence-electron chi connectivity index (χ4n) is 4.54. The smallest absolute Gasteiger partial charge is 0.251 e. The molecule has 0 radical (unpaired) electrons. The molecule has 3 aromatic rings. The molecule has 36 heavy (non-hydrogen) atoms. The summed E-state index contributed by atoms with van der Waals surface area (Å²) in [7, 11) is -3.17. The van der Waals surface area contributed by atoms with Crippen LogP contribution in [0.5, 0.6) is 0 Å². The second-order valence-electron chi connectivity index (χ2n) is 9.31. The fourth-order valence-corrected chi connectivity index (χ4v) is 6.14. The molecule has 4 rings (SSSR count). The van der Waals surface area contributed by atoms with Crippen LogP contribution >= 0.6 is 0 Å². The van der Waals surface area contributed by atoms with Crippen molar-refractivity contribution in [3.8, 4) is 0 Å². The third-order valence-electron chi connectivity index (χ3n) is 6.36. The number of carbonyl (C=O) groups excluding carboxylic acids is 1. The second kappa shape index (κ2) is 11.3. The molecule has 0 aliphatic carbocycles. The molecule has 0 bridgehead atoms. The molecule has 8 heteroatoms. The number of benzene rings is 3. The number of amides is 1. The Morgan fingerprint density at radius 3 is 2.39 bits per heavy atom. The molecule has 1 amide bonds. The summed E-state index contributed by atoms with van der Waals surface area (Å²) in [4.78, 5) is 13.0. The Labute approximate surface area is 210 Å². The van der Waals surface area contributed by atoms with Crippen molar-refractivity contribution in [2.24, 2.45) is 0 Å². The molecule has 0 spiro atoms. The lowest BCUT2D eigenvalue weighted by Gasteiger charge is -2.20. The van der Waals surface area contributed by atoms with E-state index in [0.29, 0.717) is 36.2 Å². The largest absolute Gasteiger partial charge is 0.349 e. The SMILES string of the molecule is CCc1cccc(CNCC[C@H](Cc2cc(F)cc(F)c2)NC(=O)c2ccc3c(c2)CS(=O)(=O)C3)c1. The Kier molecular flexibility index (Phi) is 8.16. The summed E-state index contributed by atoms with van der Waals surface area (Å²) in [6.07, 6.45) is 1.75. The lowest BCUT2D eigenvalue weighted by Crippen LogP contribution is -2.38. The lowest BCUT2D eigenvalue weighted by molar-refractivity contribution is 0.0934. The Bertz CT molecular complexity index is 1340. The third kappa shape index (κ3) is 6.98. The predicted octanol–water partition coefficient (Wildman–Crippen LogP) is 4.48. The molecule has 2 N–H and O–H groups in total. The van der Waals surface area contributed by atoms with E-state index in [-0.39, 0.29) is 29.9 Å². The van der Waals surface area contributed by atoms with Crippen LogP contribution in [0.1, 0.15) is 51.5 Å². The molecule has 1 heterocycles. The molecular formula is C28H30F2N2O3S. The van der Waals surface area contributed by atoms with Gasteiger partial charge in [-0.2, -0.15) is 0 Å². The average molecular weight is 513 g/mol. The highest BCUT2D eigenvalue weighted by atomic mass is 32.2. The number of halogens is 2. The third-order valence-corrected chi connectivity index (χ3v) is 7.86. The van der Waals surface area contributed by atoms with Crippen molar-refractivity contribution in [2.45, 2.75) is 50.3 Å². The summed E-state index contributed by atoms with van der Waals surface area (Å²) >= 11 is 0. The van der Waals surface area contributed by atoms with Gasteiger partial charge in [0.25, 0.3) is 5.91 Å². The number of nitrogens with one attached hydrogen (secondary N) is 2. The van der Waals surface area contributed by atoms with Crippen molar-refractivity contribution < 1.29 is 22.0 Å². The van der Waals surface area contributed by atoms with E-state index in [4.69, 9.17) is 0 Å². The quantitative estimate of drug-likeness (QED) is 0.393. The van der Waals surface area contributed by atoms with Crippen LogP contribution in [0.2, 0.25) is 0 Å². The van der Waals surface area contributed by atoms with Crippen molar-refractivity contribution >= 4 is 15.7 Å². The standard InChI is InChI=1S/C28H30F2N2O3S/c1-2-19-4-3-5-20(10-19)16-31-9-8-27(13-21-11-25(29)15-26(30)12-21)32-28(33)22-6-7-23-17-36(34,35)18-24(23)14-22/h3-7,10-12,14-15,27,31H,2,8-9,13,16-18H2,1H3,(H,32,33)/t27-/m1/s1. The molecule has 0 fully saturated rings. The van der Waals surface area contributed by atoms with Crippen LogP contribution in [0.15, 0.2) is 60.7 Å². The first-order valence-electron chi connectivity index (χ1n) is 12.1. The summed E-state index contributed by atoms with van der Waals surface area (Å²) in [5.41, 5.74) is 4.60. The van der Waals surface area contributed by atoms with Gasteiger partial charge in [0.05, 0.1) is 11.5 Å². The molecule has 0 aromatic heterocycles. The highest BCUT2D eigenvalue weighted by molar-refractivity contribution is 7.90. The lowest BCUT2D eigenvalue weighted by atomic mass is 10.0. The number of hydrogen-bond donors (Lipinski definition) is 2. The molecule has 1 aliphatic rings. The van der Waals surface area contributed by atoms with Crippen molar-refractivity contribution in [1.82, 2.24) is 10.6 Å². The van der Waals surface area contributed by atoms with E-state index >= 15 is 0 Å². The maximum absolute atomic E-state index is 13.8. The molecule has 0 saturated carbocycles. The maximum Gasteiger partial charge on any atom is 0.251 e. The van der Waals surface area contributed by atoms with E-state index < -0.39 is 21.5 Å². The summed E-state index contributed by atoms with van der Waals surface area (Å²) in [5, 5.41) is 6.36. The zero-order chi connectivity index (χ0) is 25.7. The number of aryl methyl sites for hydroxylation is 1. The van der Waals surface area contributed by atoms with Crippen LogP contribution in [0.4, 0.5) is 8.78 Å². The van der Waals surface area contributed by atoms with Gasteiger partial charge in [-0.05, 0) is 77.9 Å². The van der Waals surface area contributed by atoms with E-state index in [1.165, 1.54) is 17.7 Å². The zero-order valence-electron chi connectivity index (χ0n) is 20.2. The zero-order valence-corrected chi connectivity index (χ0v) is 21.0. The maximum atomic E-state index is 13.8. The first kappa shape index (κ1) is 26.0. The molecule has 1 atom stereocenters. The van der Waals surface area contributed by atoms with Crippen LogP contribution in [-0.2, 0) is 40.7 Å². The van der Waals surface area contributed by atoms with Crippen LogP contribution in [0, 0.1) is 11.6 Å². The van der Waals surface area contributed by atoms with Crippen molar-refractivity contribution in [3.63, 3.8) is 0 Å². The summed E-state index contributed by atoms with van der Waals surface area (Å²) in [6, 6.07) is 16.2. The minimum atomic E-state index is -3.17. The first-order chi connectivity index (χ1) is 17.2. The van der Waals surface area contributed by atoms with E-state index in [1.807, 2.05) is 6.07 Å². The summed E-state index contributed by atoms with van der Waals surface area (Å²) in [5.74, 6) is -1.75. The van der Waals surface area contributed by atoms with Gasteiger partial charge in [0.1, 0.15) is 11.6 Å². The molecule has 0 saturated heterocycles. The van der Waals surface area contributed by atoms with Gasteiger partial charge < -0.3 is 10.6 Å². The van der Waals surface area contributed by atoms with Crippen LogP contribution in [0.3, 0.4) is 0 Å². The second-order valence-corrected chi connectivity index (χ2v) is 11.4. The van der Waals surface area contributed by atoms with Crippen LogP contribution < -0.4 is 10.6 Å². The number of hydrogen-bond acceptors (Lipinski definition) is 4. The van der Waals surface area contributed by atoms with Gasteiger partial charge in [-0.1, -0.05) is 37.3 Å². The van der Waals surface area contributed by atoms with Crippen LogP contribution in [-0.4, -0.2) is 26.9 Å². The van der Waals surface area contributed by atoms with Gasteiger partial charge in [0, 0.05) is 24.2 Å². The summed E-state index contributed by atoms with van der Waals surface area (Å²) in [6.45, 7) is 3.36. The minimum absolute atomic E-state index is 0.00910. The predicted molar refractivity (Wildman–Crippen MR) is 136 cm³/mol. The molecular weight excluding hydrogens is 482 g/mol. The van der Waals surface area contributed by atoms with Gasteiger partial charge in [0.2, 0.25) is 0 Å².